The average Bonchev–Trinajstić information content (AvgIpc) is 2.31. The normalized spacial score (nSPS) is 12.9. The maximum absolute atomic E-state index is 11.6. The zero-order chi connectivity index (χ0) is 14.9. The Morgan fingerprint density at radius 2 is 1.63 bits per heavy atom. The van der Waals surface area contributed by atoms with Crippen molar-refractivity contribution in [3.8, 4) is 0 Å². The number of carbonyl (C=O) groups is 2. The first-order valence-electron chi connectivity index (χ1n) is 7.12. The molecule has 1 unspecified atom stereocenters. The van der Waals surface area contributed by atoms with Crippen molar-refractivity contribution < 1.29 is 19.1 Å². The molecule has 4 heteroatoms. The van der Waals surface area contributed by atoms with E-state index in [9.17, 15) is 9.59 Å². The third-order valence-corrected chi connectivity index (χ3v) is 3.07. The lowest BCUT2D eigenvalue weighted by Gasteiger charge is -2.26. The van der Waals surface area contributed by atoms with Gasteiger partial charge in [0.25, 0.3) is 0 Å². The highest BCUT2D eigenvalue weighted by Gasteiger charge is 2.23. The van der Waals surface area contributed by atoms with Crippen LogP contribution in [0.3, 0.4) is 0 Å². The fourth-order valence-electron chi connectivity index (χ4n) is 1.25. The first-order valence-corrected chi connectivity index (χ1v) is 7.12. The second kappa shape index (κ2) is 8.94. The van der Waals surface area contributed by atoms with Crippen LogP contribution < -0.4 is 0 Å². The minimum Gasteiger partial charge on any atom is -0.466 e. The van der Waals surface area contributed by atoms with Crippen LogP contribution in [0.15, 0.2) is 0 Å². The Hall–Kier alpha value is -1.06. The summed E-state index contributed by atoms with van der Waals surface area (Å²) < 4.78 is 10.3. The first-order chi connectivity index (χ1) is 8.77. The number of rotatable bonds is 8. The zero-order valence-electron chi connectivity index (χ0n) is 13.0. The smallest absolute Gasteiger partial charge is 0.306 e. The molecule has 0 aliphatic carbocycles. The second-order valence-electron chi connectivity index (χ2n) is 5.93. The highest BCUT2D eigenvalue weighted by Crippen LogP contribution is 2.22. The van der Waals surface area contributed by atoms with Gasteiger partial charge in [-0.25, -0.2) is 0 Å². The summed E-state index contributed by atoms with van der Waals surface area (Å²) in [6, 6.07) is 0. The SMILES string of the molecule is CCCCCOC(=O)CCC(=O)OC(C)C(C)(C)C. The zero-order valence-corrected chi connectivity index (χ0v) is 13.0. The monoisotopic (exact) mass is 272 g/mol. The van der Waals surface area contributed by atoms with Crippen LogP contribution >= 0.6 is 0 Å². The van der Waals surface area contributed by atoms with Crippen molar-refractivity contribution in [2.45, 2.75) is 72.8 Å². The van der Waals surface area contributed by atoms with Gasteiger partial charge in [-0.1, -0.05) is 40.5 Å². The molecule has 0 saturated heterocycles. The molecule has 0 rings (SSSR count). The van der Waals surface area contributed by atoms with Gasteiger partial charge in [-0.2, -0.15) is 0 Å². The summed E-state index contributed by atoms with van der Waals surface area (Å²) in [5.74, 6) is -0.663. The maximum Gasteiger partial charge on any atom is 0.306 e. The molecule has 112 valence electrons. The topological polar surface area (TPSA) is 52.6 Å². The van der Waals surface area contributed by atoms with Crippen LogP contribution in [-0.4, -0.2) is 24.6 Å². The molecular formula is C15H28O4. The van der Waals surface area contributed by atoms with Gasteiger partial charge in [0.15, 0.2) is 0 Å². The van der Waals surface area contributed by atoms with Gasteiger partial charge >= 0.3 is 11.9 Å². The molecule has 0 bridgehead atoms. The molecule has 19 heavy (non-hydrogen) atoms. The van der Waals surface area contributed by atoms with Gasteiger partial charge in [0.2, 0.25) is 0 Å². The van der Waals surface area contributed by atoms with Crippen LogP contribution in [0, 0.1) is 5.41 Å². The molecule has 0 aliphatic rings. The number of ether oxygens (including phenoxy) is 2. The Morgan fingerprint density at radius 1 is 1.05 bits per heavy atom. The third kappa shape index (κ3) is 9.51. The molecule has 0 aromatic rings. The van der Waals surface area contributed by atoms with Crippen molar-refractivity contribution in [1.29, 1.82) is 0 Å². The molecule has 0 radical (unpaired) electrons. The van der Waals surface area contributed by atoms with E-state index in [1.165, 1.54) is 0 Å². The minimum absolute atomic E-state index is 0.0870. The summed E-state index contributed by atoms with van der Waals surface area (Å²) in [4.78, 5) is 22.9. The average molecular weight is 272 g/mol. The van der Waals surface area contributed by atoms with Gasteiger partial charge in [0, 0.05) is 0 Å². The van der Waals surface area contributed by atoms with Crippen molar-refractivity contribution in [3.63, 3.8) is 0 Å². The lowest BCUT2D eigenvalue weighted by atomic mass is 9.90. The van der Waals surface area contributed by atoms with E-state index in [4.69, 9.17) is 9.47 Å². The molecule has 0 saturated carbocycles. The fraction of sp³-hybridized carbons (Fsp3) is 0.867. The van der Waals surface area contributed by atoms with Gasteiger partial charge in [0.05, 0.1) is 19.4 Å². The summed E-state index contributed by atoms with van der Waals surface area (Å²) in [5.41, 5.74) is -0.0870. The van der Waals surface area contributed by atoms with E-state index in [0.29, 0.717) is 6.61 Å². The Bertz CT molecular complexity index is 278. The lowest BCUT2D eigenvalue weighted by molar-refractivity contribution is -0.156. The Kier molecular flexibility index (Phi) is 8.44. The fourth-order valence-corrected chi connectivity index (χ4v) is 1.25. The Morgan fingerprint density at radius 3 is 2.16 bits per heavy atom. The van der Waals surface area contributed by atoms with E-state index >= 15 is 0 Å². The lowest BCUT2D eigenvalue weighted by Crippen LogP contribution is -2.28. The van der Waals surface area contributed by atoms with Crippen LogP contribution in [0.25, 0.3) is 0 Å². The van der Waals surface area contributed by atoms with Crippen molar-refractivity contribution in [1.82, 2.24) is 0 Å². The Balaban J connectivity index is 3.75. The van der Waals surface area contributed by atoms with Gasteiger partial charge in [-0.15, -0.1) is 0 Å². The third-order valence-electron chi connectivity index (χ3n) is 3.07. The molecular weight excluding hydrogens is 244 g/mol. The molecule has 4 nitrogen and oxygen atoms in total. The van der Waals surface area contributed by atoms with E-state index in [0.717, 1.165) is 19.3 Å². The van der Waals surface area contributed by atoms with E-state index in [1.54, 1.807) is 0 Å². The summed E-state index contributed by atoms with van der Waals surface area (Å²) in [5, 5.41) is 0. The van der Waals surface area contributed by atoms with Crippen molar-refractivity contribution in [3.05, 3.63) is 0 Å². The molecule has 0 amide bonds. The van der Waals surface area contributed by atoms with E-state index in [2.05, 4.69) is 6.92 Å². The minimum atomic E-state index is -0.340. The van der Waals surface area contributed by atoms with Gasteiger partial charge < -0.3 is 9.47 Å². The predicted molar refractivity (Wildman–Crippen MR) is 74.7 cm³/mol. The molecule has 0 heterocycles. The quantitative estimate of drug-likeness (QED) is 0.501. The number of unbranched alkanes of at least 4 members (excludes halogenated alkanes) is 2. The van der Waals surface area contributed by atoms with Gasteiger partial charge in [0.1, 0.15) is 6.10 Å². The number of hydrogen-bond acceptors (Lipinski definition) is 4. The molecule has 0 spiro atoms. The summed E-state index contributed by atoms with van der Waals surface area (Å²) >= 11 is 0. The standard InChI is InChI=1S/C15H28O4/c1-6-7-8-11-18-13(16)9-10-14(17)19-12(2)15(3,4)5/h12H,6-11H2,1-5H3. The highest BCUT2D eigenvalue weighted by molar-refractivity contribution is 5.77. The number of hydrogen-bond donors (Lipinski definition) is 0. The Labute approximate surface area is 116 Å². The molecule has 0 aromatic carbocycles. The van der Waals surface area contributed by atoms with Crippen LogP contribution in [0.5, 0.6) is 0 Å². The second-order valence-corrected chi connectivity index (χ2v) is 5.93. The molecule has 0 aliphatic heterocycles. The summed E-state index contributed by atoms with van der Waals surface area (Å²) in [6.07, 6.45) is 3.05. The predicted octanol–water partition coefficient (Wildman–Crippen LogP) is 3.48. The number of esters is 2. The van der Waals surface area contributed by atoms with Crippen molar-refractivity contribution in [2.24, 2.45) is 5.41 Å². The molecule has 1 atom stereocenters. The largest absolute Gasteiger partial charge is 0.466 e. The number of carbonyl (C=O) groups excluding carboxylic acids is 2. The van der Waals surface area contributed by atoms with E-state index in [-0.39, 0.29) is 36.3 Å². The highest BCUT2D eigenvalue weighted by atomic mass is 16.5. The summed E-state index contributed by atoms with van der Waals surface area (Å²) in [6.45, 7) is 10.4. The van der Waals surface area contributed by atoms with Gasteiger partial charge in [-0.05, 0) is 18.8 Å². The first kappa shape index (κ1) is 17.9. The van der Waals surface area contributed by atoms with E-state index in [1.807, 2.05) is 27.7 Å². The van der Waals surface area contributed by atoms with Crippen LogP contribution in [0.1, 0.15) is 66.7 Å². The van der Waals surface area contributed by atoms with Crippen LogP contribution in [-0.2, 0) is 19.1 Å². The molecule has 0 aromatic heterocycles. The van der Waals surface area contributed by atoms with Gasteiger partial charge in [-0.3, -0.25) is 9.59 Å². The van der Waals surface area contributed by atoms with E-state index < -0.39 is 0 Å². The molecule has 0 fully saturated rings. The van der Waals surface area contributed by atoms with Crippen molar-refractivity contribution in [2.75, 3.05) is 6.61 Å². The summed E-state index contributed by atoms with van der Waals surface area (Å²) in [7, 11) is 0. The van der Waals surface area contributed by atoms with Crippen LogP contribution in [0.2, 0.25) is 0 Å². The van der Waals surface area contributed by atoms with Crippen LogP contribution in [0.4, 0.5) is 0 Å². The maximum atomic E-state index is 11.6. The van der Waals surface area contributed by atoms with Crippen molar-refractivity contribution >= 4 is 11.9 Å². The molecule has 0 N–H and O–H groups in total.